The number of hydrogen-bond donors (Lipinski definition) is 2. The van der Waals surface area contributed by atoms with E-state index in [9.17, 15) is 9.59 Å². The molecule has 2 N–H and O–H groups in total. The molecule has 1 fully saturated rings. The van der Waals surface area contributed by atoms with Crippen molar-refractivity contribution in [3.05, 3.63) is 65.4 Å². The summed E-state index contributed by atoms with van der Waals surface area (Å²) in [4.78, 5) is 25.4. The summed E-state index contributed by atoms with van der Waals surface area (Å²) < 4.78 is 5.93. The van der Waals surface area contributed by atoms with E-state index in [2.05, 4.69) is 10.6 Å². The lowest BCUT2D eigenvalue weighted by atomic mass is 10.0. The third-order valence-corrected chi connectivity index (χ3v) is 7.40. The molecule has 0 unspecified atom stereocenters. The molecule has 3 aromatic rings. The number of nitrogens with one attached hydrogen (secondary N) is 2. The fraction of sp³-hybridized carbons (Fsp3) is 0.385. The van der Waals surface area contributed by atoms with Crippen LogP contribution in [0, 0.1) is 0 Å². The molecular weight excluding hydrogens is 420 g/mol. The molecule has 32 heavy (non-hydrogen) atoms. The predicted octanol–water partition coefficient (Wildman–Crippen LogP) is 5.93. The molecule has 0 spiro atoms. The Kier molecular flexibility index (Phi) is 7.53. The van der Waals surface area contributed by atoms with Crippen molar-refractivity contribution in [2.75, 3.05) is 11.9 Å². The molecule has 1 aliphatic rings. The van der Waals surface area contributed by atoms with Crippen LogP contribution in [-0.4, -0.2) is 23.6 Å². The lowest BCUT2D eigenvalue weighted by Crippen LogP contribution is -2.33. The van der Waals surface area contributed by atoms with Gasteiger partial charge < -0.3 is 15.1 Å². The largest absolute Gasteiger partial charge is 0.451 e. The summed E-state index contributed by atoms with van der Waals surface area (Å²) in [5, 5.41) is 7.24. The number of amides is 2. The molecule has 0 atom stereocenters. The first kappa shape index (κ1) is 22.5. The number of anilines is 1. The number of rotatable bonds is 8. The number of thioether (sulfide) groups is 1. The van der Waals surface area contributed by atoms with E-state index in [4.69, 9.17) is 4.42 Å². The van der Waals surface area contributed by atoms with E-state index in [1.165, 1.54) is 32.1 Å². The Morgan fingerprint density at radius 2 is 1.78 bits per heavy atom. The van der Waals surface area contributed by atoms with E-state index in [-0.39, 0.29) is 18.4 Å². The summed E-state index contributed by atoms with van der Waals surface area (Å²) in [6.07, 6.45) is 7.19. The van der Waals surface area contributed by atoms with E-state index < -0.39 is 0 Å². The van der Waals surface area contributed by atoms with Gasteiger partial charge in [-0.3, -0.25) is 9.59 Å². The highest BCUT2D eigenvalue weighted by molar-refractivity contribution is 7.99. The standard InChI is InChI=1S/C26H30N2O3S/c1-2-18-10-6-8-14-22(18)28-24(29)16-27-26(30)25-21(17-32-19-11-4-3-5-12-19)20-13-7-9-15-23(20)31-25/h6-10,13-15,19H,2-5,11-12,16-17H2,1H3,(H,27,30)(H,28,29). The van der Waals surface area contributed by atoms with Crippen LogP contribution in [-0.2, 0) is 17.0 Å². The normalized spacial score (nSPS) is 14.4. The average Bonchev–Trinajstić information content (AvgIpc) is 3.21. The van der Waals surface area contributed by atoms with E-state index >= 15 is 0 Å². The zero-order valence-corrected chi connectivity index (χ0v) is 19.3. The minimum Gasteiger partial charge on any atom is -0.451 e. The molecule has 0 aliphatic heterocycles. The number of aryl methyl sites for hydroxylation is 1. The van der Waals surface area contributed by atoms with Crippen LogP contribution in [0.2, 0.25) is 0 Å². The maximum absolute atomic E-state index is 13.0. The van der Waals surface area contributed by atoms with Crippen molar-refractivity contribution >= 4 is 40.2 Å². The first-order chi connectivity index (χ1) is 15.7. The highest BCUT2D eigenvalue weighted by atomic mass is 32.2. The average molecular weight is 451 g/mol. The van der Waals surface area contributed by atoms with Gasteiger partial charge in [-0.1, -0.05) is 62.6 Å². The third kappa shape index (κ3) is 5.36. The second-order valence-corrected chi connectivity index (χ2v) is 9.51. The summed E-state index contributed by atoms with van der Waals surface area (Å²) in [6, 6.07) is 15.5. The molecule has 4 rings (SSSR count). The third-order valence-electron chi connectivity index (χ3n) is 6.00. The number of furan rings is 1. The van der Waals surface area contributed by atoms with Crippen LogP contribution in [0.4, 0.5) is 5.69 Å². The number of hydrogen-bond acceptors (Lipinski definition) is 4. The fourth-order valence-corrected chi connectivity index (χ4v) is 5.60. The molecule has 2 aromatic carbocycles. The van der Waals surface area contributed by atoms with E-state index in [1.54, 1.807) is 0 Å². The predicted molar refractivity (Wildman–Crippen MR) is 131 cm³/mol. The second-order valence-electron chi connectivity index (χ2n) is 8.22. The number of carbonyl (C=O) groups is 2. The monoisotopic (exact) mass is 450 g/mol. The van der Waals surface area contributed by atoms with E-state index in [0.717, 1.165) is 34.4 Å². The van der Waals surface area contributed by atoms with Crippen molar-refractivity contribution in [1.82, 2.24) is 5.32 Å². The van der Waals surface area contributed by atoms with Crippen LogP contribution in [0.15, 0.2) is 52.9 Å². The fourth-order valence-electron chi connectivity index (χ4n) is 4.24. The van der Waals surface area contributed by atoms with Crippen molar-refractivity contribution in [2.24, 2.45) is 0 Å². The van der Waals surface area contributed by atoms with Gasteiger partial charge in [0.25, 0.3) is 5.91 Å². The smallest absolute Gasteiger partial charge is 0.287 e. The number of benzene rings is 2. The van der Waals surface area contributed by atoms with Crippen LogP contribution in [0.5, 0.6) is 0 Å². The molecule has 1 aromatic heterocycles. The summed E-state index contributed by atoms with van der Waals surface area (Å²) in [5.74, 6) is 0.449. The molecule has 5 nitrogen and oxygen atoms in total. The van der Waals surface area contributed by atoms with Crippen LogP contribution in [0.25, 0.3) is 11.0 Å². The maximum atomic E-state index is 13.0. The quantitative estimate of drug-likeness (QED) is 0.446. The zero-order valence-electron chi connectivity index (χ0n) is 18.5. The highest BCUT2D eigenvalue weighted by Gasteiger charge is 2.23. The Balaban J connectivity index is 1.43. The van der Waals surface area contributed by atoms with Gasteiger partial charge in [0.1, 0.15) is 5.58 Å². The van der Waals surface area contributed by atoms with Crippen LogP contribution in [0.3, 0.4) is 0 Å². The molecule has 2 amide bonds. The molecule has 0 radical (unpaired) electrons. The first-order valence-corrected chi connectivity index (χ1v) is 12.5. The minimum atomic E-state index is -0.348. The Morgan fingerprint density at radius 1 is 1.03 bits per heavy atom. The minimum absolute atomic E-state index is 0.108. The zero-order chi connectivity index (χ0) is 22.3. The van der Waals surface area contributed by atoms with Gasteiger partial charge in [-0.15, -0.1) is 0 Å². The maximum Gasteiger partial charge on any atom is 0.287 e. The van der Waals surface area contributed by atoms with Crippen LogP contribution in [0.1, 0.15) is 60.7 Å². The van der Waals surface area contributed by atoms with Crippen molar-refractivity contribution in [2.45, 2.75) is 56.5 Å². The van der Waals surface area contributed by atoms with E-state index in [0.29, 0.717) is 16.6 Å². The summed E-state index contributed by atoms with van der Waals surface area (Å²) in [6.45, 7) is 1.93. The Morgan fingerprint density at radius 3 is 2.59 bits per heavy atom. The van der Waals surface area contributed by atoms with Gasteiger partial charge in [0.2, 0.25) is 5.91 Å². The van der Waals surface area contributed by atoms with Gasteiger partial charge in [-0.05, 0) is 37.0 Å². The molecule has 6 heteroatoms. The lowest BCUT2D eigenvalue weighted by molar-refractivity contribution is -0.115. The van der Waals surface area contributed by atoms with Crippen molar-refractivity contribution in [3.63, 3.8) is 0 Å². The molecule has 1 aliphatic carbocycles. The summed E-state index contributed by atoms with van der Waals surface area (Å²) in [5.41, 5.74) is 3.47. The second kappa shape index (κ2) is 10.7. The summed E-state index contributed by atoms with van der Waals surface area (Å²) >= 11 is 1.91. The first-order valence-electron chi connectivity index (χ1n) is 11.4. The molecule has 0 saturated heterocycles. The van der Waals surface area contributed by atoms with Gasteiger partial charge in [0.15, 0.2) is 5.76 Å². The molecule has 168 valence electrons. The topological polar surface area (TPSA) is 71.3 Å². The van der Waals surface area contributed by atoms with Crippen molar-refractivity contribution in [1.29, 1.82) is 0 Å². The van der Waals surface area contributed by atoms with Crippen LogP contribution < -0.4 is 10.6 Å². The molecule has 1 heterocycles. The van der Waals surface area contributed by atoms with Gasteiger partial charge in [0.05, 0.1) is 6.54 Å². The van der Waals surface area contributed by atoms with Gasteiger partial charge in [-0.25, -0.2) is 0 Å². The SMILES string of the molecule is CCc1ccccc1NC(=O)CNC(=O)c1oc2ccccc2c1CSC1CCCCC1. The van der Waals surface area contributed by atoms with E-state index in [1.807, 2.05) is 67.2 Å². The number of para-hydroxylation sites is 2. The van der Waals surface area contributed by atoms with Crippen molar-refractivity contribution in [3.8, 4) is 0 Å². The Bertz CT molecular complexity index is 1090. The summed E-state index contributed by atoms with van der Waals surface area (Å²) in [7, 11) is 0. The molecular formula is C26H30N2O3S. The number of carbonyl (C=O) groups excluding carboxylic acids is 2. The lowest BCUT2D eigenvalue weighted by Gasteiger charge is -2.20. The van der Waals surface area contributed by atoms with Gasteiger partial charge in [-0.2, -0.15) is 11.8 Å². The van der Waals surface area contributed by atoms with Gasteiger partial charge >= 0.3 is 0 Å². The van der Waals surface area contributed by atoms with Crippen LogP contribution >= 0.6 is 11.8 Å². The Labute approximate surface area is 193 Å². The highest BCUT2D eigenvalue weighted by Crippen LogP contribution is 2.35. The van der Waals surface area contributed by atoms with Crippen molar-refractivity contribution < 1.29 is 14.0 Å². The Hall–Kier alpha value is -2.73. The molecule has 0 bridgehead atoms. The molecule has 1 saturated carbocycles. The van der Waals surface area contributed by atoms with Gasteiger partial charge in [0, 0.05) is 27.6 Å². The number of fused-ring (bicyclic) bond motifs is 1.